The van der Waals surface area contributed by atoms with Gasteiger partial charge in [-0.1, -0.05) is 46.8 Å². The van der Waals surface area contributed by atoms with Crippen LogP contribution in [0.25, 0.3) is 0 Å². The smallest absolute Gasteiger partial charge is 0.329 e. The second kappa shape index (κ2) is 10.2. The fraction of sp³-hybridized carbons (Fsp3) is 0.400. The Morgan fingerprint density at radius 2 is 1.45 bits per heavy atom. The van der Waals surface area contributed by atoms with Crippen LogP contribution in [0.15, 0.2) is 48.5 Å². The molecule has 2 rings (SSSR count). The van der Waals surface area contributed by atoms with Gasteiger partial charge in [0.25, 0.3) is 5.91 Å². The largest absolute Gasteiger partial charge is 0.497 e. The van der Waals surface area contributed by atoms with Crippen LogP contribution in [0.5, 0.6) is 5.75 Å². The summed E-state index contributed by atoms with van der Waals surface area (Å²) in [5.74, 6) is -0.912. The van der Waals surface area contributed by atoms with Crippen molar-refractivity contribution in [2.45, 2.75) is 46.1 Å². The van der Waals surface area contributed by atoms with Crippen molar-refractivity contribution in [1.82, 2.24) is 5.32 Å². The number of methoxy groups -OCH3 is 1. The molecule has 31 heavy (non-hydrogen) atoms. The normalized spacial score (nSPS) is 12.2. The first-order chi connectivity index (χ1) is 14.5. The number of ether oxygens (including phenoxy) is 2. The minimum absolute atomic E-state index is 0.0182. The third kappa shape index (κ3) is 6.67. The number of rotatable bonds is 8. The maximum Gasteiger partial charge on any atom is 0.329 e. The molecule has 0 bridgehead atoms. The number of Topliss-reactive ketones (excluding diaryl/α,β-unsaturated/α-hetero) is 1. The van der Waals surface area contributed by atoms with Crippen molar-refractivity contribution in [2.24, 2.45) is 5.92 Å². The predicted molar refractivity (Wildman–Crippen MR) is 120 cm³/mol. The Balaban J connectivity index is 1.99. The molecule has 0 saturated heterocycles. The van der Waals surface area contributed by atoms with E-state index in [-0.39, 0.29) is 23.0 Å². The molecular weight excluding hydrogens is 394 g/mol. The average Bonchev–Trinajstić information content (AvgIpc) is 2.74. The van der Waals surface area contributed by atoms with Crippen LogP contribution in [0.2, 0.25) is 0 Å². The van der Waals surface area contributed by atoms with Crippen molar-refractivity contribution >= 4 is 17.7 Å². The van der Waals surface area contributed by atoms with Crippen molar-refractivity contribution in [2.75, 3.05) is 13.7 Å². The van der Waals surface area contributed by atoms with Gasteiger partial charge >= 0.3 is 5.97 Å². The monoisotopic (exact) mass is 425 g/mol. The molecule has 0 aliphatic carbocycles. The van der Waals surface area contributed by atoms with Gasteiger partial charge in [0.15, 0.2) is 12.4 Å². The Morgan fingerprint density at radius 1 is 0.903 bits per heavy atom. The van der Waals surface area contributed by atoms with Crippen molar-refractivity contribution in [3.05, 3.63) is 65.2 Å². The quantitative estimate of drug-likeness (QED) is 0.507. The Labute approximate surface area is 183 Å². The Morgan fingerprint density at radius 3 is 1.94 bits per heavy atom. The molecule has 6 heteroatoms. The fourth-order valence-corrected chi connectivity index (χ4v) is 2.93. The summed E-state index contributed by atoms with van der Waals surface area (Å²) in [5.41, 5.74) is 1.97. The number of amides is 1. The molecule has 0 radical (unpaired) electrons. The third-order valence-electron chi connectivity index (χ3n) is 4.98. The lowest BCUT2D eigenvalue weighted by Gasteiger charge is -2.22. The summed E-state index contributed by atoms with van der Waals surface area (Å²) in [4.78, 5) is 37.5. The highest BCUT2D eigenvalue weighted by atomic mass is 16.5. The van der Waals surface area contributed by atoms with Gasteiger partial charge in [0.1, 0.15) is 11.8 Å². The van der Waals surface area contributed by atoms with E-state index in [1.165, 1.54) is 7.11 Å². The minimum atomic E-state index is -0.863. The second-order valence-corrected chi connectivity index (χ2v) is 8.78. The summed E-state index contributed by atoms with van der Waals surface area (Å²) in [6.45, 7) is 9.51. The molecule has 1 N–H and O–H groups in total. The summed E-state index contributed by atoms with van der Waals surface area (Å²) in [5, 5.41) is 2.73. The summed E-state index contributed by atoms with van der Waals surface area (Å²) in [6, 6.07) is 13.0. The van der Waals surface area contributed by atoms with Gasteiger partial charge in [-0.25, -0.2) is 4.79 Å². The van der Waals surface area contributed by atoms with E-state index in [1.54, 1.807) is 50.2 Å². The molecular formula is C25H31NO5. The van der Waals surface area contributed by atoms with Gasteiger partial charge in [-0.3, -0.25) is 9.59 Å². The second-order valence-electron chi connectivity index (χ2n) is 8.78. The van der Waals surface area contributed by atoms with E-state index in [0.717, 1.165) is 5.56 Å². The first-order valence-corrected chi connectivity index (χ1v) is 10.3. The first kappa shape index (κ1) is 24.1. The van der Waals surface area contributed by atoms with E-state index < -0.39 is 18.6 Å². The molecule has 1 atom stereocenters. The lowest BCUT2D eigenvalue weighted by molar-refractivity contribution is -0.145. The predicted octanol–water partition coefficient (Wildman–Crippen LogP) is 4.17. The molecule has 2 aromatic rings. The van der Waals surface area contributed by atoms with Crippen LogP contribution in [0.4, 0.5) is 0 Å². The number of benzene rings is 2. The molecule has 166 valence electrons. The highest BCUT2D eigenvalue weighted by molar-refractivity contribution is 5.99. The van der Waals surface area contributed by atoms with Crippen LogP contribution >= 0.6 is 0 Å². The van der Waals surface area contributed by atoms with E-state index in [4.69, 9.17) is 9.47 Å². The molecule has 2 aromatic carbocycles. The number of carbonyl (C=O) groups excluding carboxylic acids is 3. The van der Waals surface area contributed by atoms with Crippen molar-refractivity contribution in [3.8, 4) is 5.75 Å². The number of hydrogen-bond acceptors (Lipinski definition) is 5. The maximum atomic E-state index is 12.6. The molecule has 1 amide bonds. The van der Waals surface area contributed by atoms with E-state index >= 15 is 0 Å². The van der Waals surface area contributed by atoms with Crippen LogP contribution in [0.3, 0.4) is 0 Å². The number of ketones is 1. The van der Waals surface area contributed by atoms with E-state index in [2.05, 4.69) is 26.1 Å². The summed E-state index contributed by atoms with van der Waals surface area (Å²) in [7, 11) is 1.54. The number of esters is 1. The molecule has 0 fully saturated rings. The summed E-state index contributed by atoms with van der Waals surface area (Å²) >= 11 is 0. The van der Waals surface area contributed by atoms with Crippen LogP contribution in [-0.4, -0.2) is 37.4 Å². The van der Waals surface area contributed by atoms with Gasteiger partial charge in [0, 0.05) is 11.1 Å². The number of nitrogens with one attached hydrogen (secondary N) is 1. The third-order valence-corrected chi connectivity index (χ3v) is 4.98. The zero-order chi connectivity index (χ0) is 23.2. The van der Waals surface area contributed by atoms with Crippen molar-refractivity contribution in [3.63, 3.8) is 0 Å². The van der Waals surface area contributed by atoms with Crippen LogP contribution < -0.4 is 10.1 Å². The molecule has 0 aliphatic heterocycles. The van der Waals surface area contributed by atoms with Gasteiger partial charge in [-0.2, -0.15) is 0 Å². The van der Waals surface area contributed by atoms with Gasteiger partial charge in [0.2, 0.25) is 0 Å². The number of carbonyl (C=O) groups is 3. The topological polar surface area (TPSA) is 81.7 Å². The molecule has 0 saturated carbocycles. The molecule has 0 aromatic heterocycles. The summed E-state index contributed by atoms with van der Waals surface area (Å²) < 4.78 is 10.3. The van der Waals surface area contributed by atoms with Crippen molar-refractivity contribution < 1.29 is 23.9 Å². The zero-order valence-electron chi connectivity index (χ0n) is 19.0. The lowest BCUT2D eigenvalue weighted by atomic mass is 9.86. The molecule has 0 spiro atoms. The standard InChI is InChI=1S/C25H31NO5/c1-16(2)22(26-23(28)18-7-11-19(12-8-18)25(3,4)5)24(29)31-15-21(27)17-9-13-20(30-6)14-10-17/h7-14,16,22H,15H2,1-6H3,(H,26,28)/t22-/m0/s1. The van der Waals surface area contributed by atoms with Crippen LogP contribution in [-0.2, 0) is 14.9 Å². The zero-order valence-corrected chi connectivity index (χ0v) is 19.0. The van der Waals surface area contributed by atoms with E-state index in [0.29, 0.717) is 16.9 Å². The van der Waals surface area contributed by atoms with E-state index in [9.17, 15) is 14.4 Å². The van der Waals surface area contributed by atoms with Crippen LogP contribution in [0, 0.1) is 5.92 Å². The first-order valence-electron chi connectivity index (χ1n) is 10.3. The number of hydrogen-bond donors (Lipinski definition) is 1. The molecule has 0 unspecified atom stereocenters. The maximum absolute atomic E-state index is 12.6. The lowest BCUT2D eigenvalue weighted by Crippen LogP contribution is -2.45. The Hall–Kier alpha value is -3.15. The molecule has 6 nitrogen and oxygen atoms in total. The SMILES string of the molecule is COc1ccc(C(=O)COC(=O)[C@@H](NC(=O)c2ccc(C(C)(C)C)cc2)C(C)C)cc1. The van der Waals surface area contributed by atoms with Gasteiger partial charge < -0.3 is 14.8 Å². The Kier molecular flexibility index (Phi) is 7.97. The molecule has 0 aliphatic rings. The summed E-state index contributed by atoms with van der Waals surface area (Å²) in [6.07, 6.45) is 0. The Bertz CT molecular complexity index is 908. The average molecular weight is 426 g/mol. The highest BCUT2D eigenvalue weighted by Gasteiger charge is 2.27. The highest BCUT2D eigenvalue weighted by Crippen LogP contribution is 2.22. The van der Waals surface area contributed by atoms with Gasteiger partial charge in [-0.05, 0) is 53.3 Å². The minimum Gasteiger partial charge on any atom is -0.497 e. The van der Waals surface area contributed by atoms with Gasteiger partial charge in [-0.15, -0.1) is 0 Å². The molecule has 0 heterocycles. The van der Waals surface area contributed by atoms with E-state index in [1.807, 2.05) is 12.1 Å². The van der Waals surface area contributed by atoms with Crippen LogP contribution in [0.1, 0.15) is 60.9 Å². The van der Waals surface area contributed by atoms with Gasteiger partial charge in [0.05, 0.1) is 7.11 Å². The van der Waals surface area contributed by atoms with Crippen molar-refractivity contribution in [1.29, 1.82) is 0 Å². The fourth-order valence-electron chi connectivity index (χ4n) is 2.93.